The first-order chi connectivity index (χ1) is 19.0. The topological polar surface area (TPSA) is 135 Å². The number of amides is 1. The van der Waals surface area contributed by atoms with Crippen LogP contribution < -0.4 is 14.8 Å². The Morgan fingerprint density at radius 1 is 0.974 bits per heavy atom. The van der Waals surface area contributed by atoms with Crippen molar-refractivity contribution < 1.29 is 24.5 Å². The Kier molecular flexibility index (Phi) is 5.64. The average molecular weight is 529 g/mol. The Morgan fingerprint density at radius 3 is 2.64 bits per heavy atom. The number of carbonyl (C=O) groups excluding carboxylic acids is 1. The number of rotatable bonds is 5. The Balaban J connectivity index is 1.26. The lowest BCUT2D eigenvalue weighted by molar-refractivity contribution is -0.133. The van der Waals surface area contributed by atoms with Crippen molar-refractivity contribution in [2.75, 3.05) is 31.6 Å². The van der Waals surface area contributed by atoms with E-state index in [0.29, 0.717) is 59.9 Å². The number of aromatic nitrogens is 4. The summed E-state index contributed by atoms with van der Waals surface area (Å²) in [5.41, 5.74) is 1.81. The molecule has 39 heavy (non-hydrogen) atoms. The Hall–Kier alpha value is -4.54. The summed E-state index contributed by atoms with van der Waals surface area (Å²) in [6, 6.07) is 10.3. The second kappa shape index (κ2) is 9.33. The van der Waals surface area contributed by atoms with E-state index in [1.807, 2.05) is 27.7 Å². The summed E-state index contributed by atoms with van der Waals surface area (Å²) in [4.78, 5) is 28.6. The van der Waals surface area contributed by atoms with Crippen molar-refractivity contribution in [2.45, 2.75) is 31.7 Å². The third-order valence-corrected chi connectivity index (χ3v) is 7.41. The van der Waals surface area contributed by atoms with Gasteiger partial charge in [0.25, 0.3) is 0 Å². The van der Waals surface area contributed by atoms with E-state index in [-0.39, 0.29) is 29.4 Å². The lowest BCUT2D eigenvalue weighted by Gasteiger charge is -2.33. The Bertz CT molecular complexity index is 1580. The van der Waals surface area contributed by atoms with Crippen LogP contribution in [0.4, 0.5) is 5.95 Å². The number of aromatic hydroxyl groups is 2. The summed E-state index contributed by atoms with van der Waals surface area (Å²) in [5.74, 6) is 2.76. The molecule has 3 aliphatic rings. The van der Waals surface area contributed by atoms with Crippen LogP contribution in [-0.4, -0.2) is 72.9 Å². The number of hydrogen-bond donors (Lipinski definition) is 3. The first-order valence-corrected chi connectivity index (χ1v) is 13.3. The van der Waals surface area contributed by atoms with E-state index in [4.69, 9.17) is 19.4 Å². The van der Waals surface area contributed by atoms with E-state index in [1.54, 1.807) is 12.3 Å². The zero-order chi connectivity index (χ0) is 26.5. The molecule has 4 heterocycles. The van der Waals surface area contributed by atoms with Crippen molar-refractivity contribution >= 4 is 22.9 Å². The number of nitrogens with one attached hydrogen (secondary N) is 1. The number of hydrogen-bond acceptors (Lipinski definition) is 9. The summed E-state index contributed by atoms with van der Waals surface area (Å²) < 4.78 is 13.3. The molecule has 1 amide bonds. The zero-order valence-electron chi connectivity index (χ0n) is 21.2. The van der Waals surface area contributed by atoms with Crippen molar-refractivity contribution in [2.24, 2.45) is 5.92 Å². The summed E-state index contributed by atoms with van der Waals surface area (Å²) >= 11 is 0. The van der Waals surface area contributed by atoms with Gasteiger partial charge in [0, 0.05) is 48.9 Å². The van der Waals surface area contributed by atoms with Crippen LogP contribution in [0.3, 0.4) is 0 Å². The third kappa shape index (κ3) is 4.43. The smallest absolute Gasteiger partial charge is 0.225 e. The number of fused-ring (bicyclic) bond motifs is 2. The number of ether oxygens (including phenoxy) is 2. The van der Waals surface area contributed by atoms with E-state index >= 15 is 0 Å². The van der Waals surface area contributed by atoms with Gasteiger partial charge in [-0.25, -0.2) is 9.97 Å². The molecule has 1 unspecified atom stereocenters. The van der Waals surface area contributed by atoms with Crippen LogP contribution in [0.2, 0.25) is 0 Å². The fraction of sp³-hybridized carbons (Fsp3) is 0.357. The molecule has 4 aromatic rings. The molecular formula is C28H28N6O5. The predicted octanol–water partition coefficient (Wildman–Crippen LogP) is 3.48. The number of benzene rings is 2. The normalized spacial score (nSPS) is 18.8. The molecule has 0 spiro atoms. The van der Waals surface area contributed by atoms with Crippen LogP contribution in [0.5, 0.6) is 23.0 Å². The minimum Gasteiger partial charge on any atom is -0.504 e. The molecule has 3 N–H and O–H groups in total. The quantitative estimate of drug-likeness (QED) is 0.333. The maximum atomic E-state index is 12.6. The first kappa shape index (κ1) is 23.6. The highest BCUT2D eigenvalue weighted by Gasteiger charge is 2.35. The fourth-order valence-corrected chi connectivity index (χ4v) is 5.32. The molecule has 0 radical (unpaired) electrons. The van der Waals surface area contributed by atoms with Gasteiger partial charge in [0.05, 0.1) is 11.0 Å². The number of carbonyl (C=O) groups is 1. The molecule has 11 nitrogen and oxygen atoms in total. The monoisotopic (exact) mass is 528 g/mol. The number of piperidine rings is 1. The molecule has 200 valence electrons. The SMILES string of the molecule is O=C(C1CC1)N1CCCC(Nc2nccc(-n3c(-c4ccc5c(c4)OCCO5)nc4cc(O)c(O)cc43)n2)C1. The largest absolute Gasteiger partial charge is 0.504 e. The summed E-state index contributed by atoms with van der Waals surface area (Å²) in [6.07, 6.45) is 5.51. The van der Waals surface area contributed by atoms with Crippen LogP contribution in [0.15, 0.2) is 42.6 Å². The molecule has 2 fully saturated rings. The number of phenols is 2. The Morgan fingerprint density at radius 2 is 1.79 bits per heavy atom. The van der Waals surface area contributed by atoms with E-state index in [9.17, 15) is 15.0 Å². The van der Waals surface area contributed by atoms with E-state index < -0.39 is 0 Å². The predicted molar refractivity (Wildman–Crippen MR) is 142 cm³/mol. The highest BCUT2D eigenvalue weighted by Crippen LogP contribution is 2.38. The third-order valence-electron chi connectivity index (χ3n) is 7.41. The van der Waals surface area contributed by atoms with Gasteiger partial charge >= 0.3 is 0 Å². The highest BCUT2D eigenvalue weighted by molar-refractivity contribution is 5.86. The van der Waals surface area contributed by atoms with Gasteiger partial charge in [0.2, 0.25) is 11.9 Å². The van der Waals surface area contributed by atoms with Crippen molar-refractivity contribution in [1.29, 1.82) is 0 Å². The second-order valence-electron chi connectivity index (χ2n) is 10.2. The number of phenolic OH excluding ortho intramolecular Hbond substituents is 2. The maximum Gasteiger partial charge on any atom is 0.225 e. The molecule has 1 saturated carbocycles. The molecular weight excluding hydrogens is 500 g/mol. The van der Waals surface area contributed by atoms with Gasteiger partial charge in [0.1, 0.15) is 24.9 Å². The molecule has 11 heteroatoms. The number of anilines is 1. The number of nitrogens with zero attached hydrogens (tertiary/aromatic N) is 5. The Labute approximate surface area is 224 Å². The molecule has 0 bridgehead atoms. The fourth-order valence-electron chi connectivity index (χ4n) is 5.32. The van der Waals surface area contributed by atoms with Crippen molar-refractivity contribution in [3.63, 3.8) is 0 Å². The van der Waals surface area contributed by atoms with Gasteiger partial charge in [-0.2, -0.15) is 4.98 Å². The summed E-state index contributed by atoms with van der Waals surface area (Å²) in [7, 11) is 0. The molecule has 1 saturated heterocycles. The van der Waals surface area contributed by atoms with Gasteiger partial charge in [0.15, 0.2) is 23.0 Å². The first-order valence-electron chi connectivity index (χ1n) is 13.3. The van der Waals surface area contributed by atoms with Gasteiger partial charge in [-0.05, 0) is 49.9 Å². The average Bonchev–Trinajstić information content (AvgIpc) is 3.74. The van der Waals surface area contributed by atoms with Crippen LogP contribution in [0.1, 0.15) is 25.7 Å². The molecule has 2 aliphatic heterocycles. The standard InChI is InChI=1S/C28H28N6O5/c35-21-13-19-20(14-22(21)36)34(26(31-19)17-5-6-23-24(12-17)39-11-10-38-23)25-7-8-29-28(32-25)30-18-2-1-9-33(15-18)27(37)16-3-4-16/h5-8,12-14,16,18,35-36H,1-4,9-11,15H2,(H,29,30,32). The number of imidazole rings is 1. The van der Waals surface area contributed by atoms with E-state index in [1.165, 1.54) is 12.1 Å². The second-order valence-corrected chi connectivity index (χ2v) is 10.2. The van der Waals surface area contributed by atoms with Gasteiger partial charge in [-0.1, -0.05) is 0 Å². The highest BCUT2D eigenvalue weighted by atomic mass is 16.6. The molecule has 7 rings (SSSR count). The van der Waals surface area contributed by atoms with E-state index in [2.05, 4.69) is 10.3 Å². The minimum absolute atomic E-state index is 0.0505. The lowest BCUT2D eigenvalue weighted by atomic mass is 10.1. The van der Waals surface area contributed by atoms with E-state index in [0.717, 1.165) is 37.8 Å². The molecule has 2 aromatic heterocycles. The minimum atomic E-state index is -0.257. The maximum absolute atomic E-state index is 12.6. The van der Waals surface area contributed by atoms with Crippen molar-refractivity contribution in [3.8, 4) is 40.2 Å². The van der Waals surface area contributed by atoms with Crippen LogP contribution in [0, 0.1) is 5.92 Å². The molecule has 1 aliphatic carbocycles. The van der Waals surface area contributed by atoms with Crippen molar-refractivity contribution in [1.82, 2.24) is 24.4 Å². The van der Waals surface area contributed by atoms with Gasteiger partial charge in [-0.3, -0.25) is 9.36 Å². The van der Waals surface area contributed by atoms with Crippen molar-refractivity contribution in [3.05, 3.63) is 42.6 Å². The molecule has 2 aromatic carbocycles. The van der Waals surface area contributed by atoms with Crippen LogP contribution in [0.25, 0.3) is 28.2 Å². The summed E-state index contributed by atoms with van der Waals surface area (Å²) in [5, 5.41) is 23.9. The zero-order valence-corrected chi connectivity index (χ0v) is 21.2. The summed E-state index contributed by atoms with van der Waals surface area (Å²) in [6.45, 7) is 2.38. The van der Waals surface area contributed by atoms with Gasteiger partial charge < -0.3 is 29.9 Å². The van der Waals surface area contributed by atoms with Crippen LogP contribution in [-0.2, 0) is 4.79 Å². The lowest BCUT2D eigenvalue weighted by Crippen LogP contribution is -2.45. The van der Waals surface area contributed by atoms with Crippen LogP contribution >= 0.6 is 0 Å². The molecule has 1 atom stereocenters. The number of likely N-dealkylation sites (tertiary alicyclic amines) is 1. The van der Waals surface area contributed by atoms with Gasteiger partial charge in [-0.15, -0.1) is 0 Å².